The standard InChI is InChI=1S/C17H31B2O9P/c1-10(2)23-9-17(8-20)14(6-16(19)27-17)28-29(21,22)24-7-13-12(25-11(3)4)5-15(18)26-13/h10-16,20H,5-9H2,1-4H3,(H,21,22)/p-1/t12-,13-,14-,15-,16-,17-/m1/s1. The molecule has 0 aromatic carbocycles. The summed E-state index contributed by atoms with van der Waals surface area (Å²) in [5.41, 5.74) is -1.40. The van der Waals surface area contributed by atoms with E-state index in [0.717, 1.165) is 0 Å². The zero-order valence-electron chi connectivity index (χ0n) is 17.4. The molecule has 164 valence electrons. The van der Waals surface area contributed by atoms with E-state index in [9.17, 15) is 14.6 Å². The maximum absolute atomic E-state index is 12.4. The first-order valence-electron chi connectivity index (χ1n) is 9.82. The number of phosphoric ester groups is 1. The van der Waals surface area contributed by atoms with E-state index in [0.29, 0.717) is 6.42 Å². The second kappa shape index (κ2) is 10.6. The summed E-state index contributed by atoms with van der Waals surface area (Å²) >= 11 is 0. The van der Waals surface area contributed by atoms with Crippen molar-refractivity contribution in [1.82, 2.24) is 0 Å². The van der Waals surface area contributed by atoms with E-state index in [4.69, 9.17) is 43.7 Å². The van der Waals surface area contributed by atoms with Crippen molar-refractivity contribution in [2.24, 2.45) is 0 Å². The van der Waals surface area contributed by atoms with Gasteiger partial charge in [0.1, 0.15) is 33.5 Å². The van der Waals surface area contributed by atoms with E-state index in [1.165, 1.54) is 0 Å². The SMILES string of the molecule is [B][C@H]1C[C@@H](OC(C)C)[C@@H](COP(=O)([O-])O[C@@H]2C[C@H]([B])O[C@]2(CO)COC(C)C)O1. The summed E-state index contributed by atoms with van der Waals surface area (Å²) in [5, 5.41) is 9.84. The van der Waals surface area contributed by atoms with Crippen LogP contribution in [0.3, 0.4) is 0 Å². The highest BCUT2D eigenvalue weighted by Crippen LogP contribution is 2.46. The fourth-order valence-electron chi connectivity index (χ4n) is 3.35. The molecule has 2 saturated heterocycles. The maximum Gasteiger partial charge on any atom is 0.268 e. The summed E-state index contributed by atoms with van der Waals surface area (Å²) in [4.78, 5) is 12.4. The number of hydrogen-bond acceptors (Lipinski definition) is 9. The number of aliphatic hydroxyl groups excluding tert-OH is 1. The first-order chi connectivity index (χ1) is 13.5. The summed E-state index contributed by atoms with van der Waals surface area (Å²) in [6.07, 6.45) is -1.83. The molecule has 2 fully saturated rings. The molecule has 0 aliphatic carbocycles. The van der Waals surface area contributed by atoms with E-state index in [-0.39, 0.29) is 37.9 Å². The van der Waals surface area contributed by atoms with Crippen LogP contribution in [0.5, 0.6) is 0 Å². The quantitative estimate of drug-likeness (QED) is 0.357. The van der Waals surface area contributed by atoms with Crippen LogP contribution in [0.15, 0.2) is 0 Å². The van der Waals surface area contributed by atoms with Gasteiger partial charge in [-0.2, -0.15) is 0 Å². The Hall–Kier alpha value is 0.0399. The van der Waals surface area contributed by atoms with Crippen LogP contribution in [0.4, 0.5) is 0 Å². The van der Waals surface area contributed by atoms with Crippen molar-refractivity contribution in [3.05, 3.63) is 0 Å². The van der Waals surface area contributed by atoms with Gasteiger partial charge >= 0.3 is 0 Å². The first-order valence-corrected chi connectivity index (χ1v) is 11.3. The number of phosphoric acid groups is 1. The van der Waals surface area contributed by atoms with Crippen LogP contribution < -0.4 is 4.89 Å². The molecule has 0 saturated carbocycles. The summed E-state index contributed by atoms with van der Waals surface area (Å²) in [5.74, 6) is 0. The summed E-state index contributed by atoms with van der Waals surface area (Å²) < 4.78 is 45.0. The molecule has 4 radical (unpaired) electrons. The van der Waals surface area contributed by atoms with Crippen molar-refractivity contribution >= 4 is 23.5 Å². The second-order valence-electron chi connectivity index (χ2n) is 7.98. The Kier molecular flexibility index (Phi) is 9.22. The topological polar surface area (TPSA) is 116 Å². The minimum atomic E-state index is -4.77. The van der Waals surface area contributed by atoms with Gasteiger partial charge < -0.3 is 38.0 Å². The van der Waals surface area contributed by atoms with E-state index < -0.39 is 44.2 Å². The van der Waals surface area contributed by atoms with Crippen molar-refractivity contribution in [2.45, 2.75) is 88.7 Å². The van der Waals surface area contributed by atoms with Gasteiger partial charge in [0.25, 0.3) is 7.82 Å². The minimum absolute atomic E-state index is 0.0570. The molecule has 12 heteroatoms. The molecule has 29 heavy (non-hydrogen) atoms. The van der Waals surface area contributed by atoms with Crippen molar-refractivity contribution < 1.29 is 42.6 Å². The van der Waals surface area contributed by atoms with Crippen molar-refractivity contribution in [3.63, 3.8) is 0 Å². The molecule has 0 bridgehead atoms. The van der Waals surface area contributed by atoms with Gasteiger partial charge in [0, 0.05) is 12.0 Å². The fraction of sp³-hybridized carbons (Fsp3) is 1.00. The Balaban J connectivity index is 1.98. The van der Waals surface area contributed by atoms with Crippen LogP contribution >= 0.6 is 7.82 Å². The zero-order valence-corrected chi connectivity index (χ0v) is 18.3. The summed E-state index contributed by atoms with van der Waals surface area (Å²) in [6.45, 7) is 6.42. The third-order valence-corrected chi connectivity index (χ3v) is 5.65. The first kappa shape index (κ1) is 25.3. The van der Waals surface area contributed by atoms with Gasteiger partial charge in [0.15, 0.2) is 0 Å². The highest BCUT2D eigenvalue weighted by Gasteiger charge is 2.50. The van der Waals surface area contributed by atoms with Crippen molar-refractivity contribution in [1.29, 1.82) is 0 Å². The highest BCUT2D eigenvalue weighted by atomic mass is 31.2. The Morgan fingerprint density at radius 2 is 1.90 bits per heavy atom. The van der Waals surface area contributed by atoms with E-state index in [2.05, 4.69) is 0 Å². The number of aliphatic hydroxyl groups is 1. The van der Waals surface area contributed by atoms with E-state index >= 15 is 0 Å². The van der Waals surface area contributed by atoms with Gasteiger partial charge in [-0.15, -0.1) is 0 Å². The molecule has 7 atom stereocenters. The predicted octanol–water partition coefficient (Wildman–Crippen LogP) is 0.00470. The monoisotopic (exact) mass is 431 g/mol. The number of ether oxygens (including phenoxy) is 4. The van der Waals surface area contributed by atoms with Gasteiger partial charge in [-0.25, -0.2) is 0 Å². The van der Waals surface area contributed by atoms with Gasteiger partial charge in [0.05, 0.1) is 38.1 Å². The largest absolute Gasteiger partial charge is 0.756 e. The van der Waals surface area contributed by atoms with Crippen LogP contribution in [0.25, 0.3) is 0 Å². The van der Waals surface area contributed by atoms with Gasteiger partial charge in [-0.1, -0.05) is 0 Å². The van der Waals surface area contributed by atoms with Gasteiger partial charge in [-0.3, -0.25) is 4.57 Å². The fourth-order valence-corrected chi connectivity index (χ4v) is 4.33. The molecule has 0 spiro atoms. The van der Waals surface area contributed by atoms with Gasteiger partial charge in [-0.05, 0) is 40.5 Å². The lowest BCUT2D eigenvalue weighted by Crippen LogP contribution is -2.49. The molecular formula is C17H30B2O9P-. The average Bonchev–Trinajstić information content (AvgIpc) is 3.09. The van der Waals surface area contributed by atoms with Crippen LogP contribution in [0.1, 0.15) is 40.5 Å². The summed E-state index contributed by atoms with van der Waals surface area (Å²) in [6, 6.07) is -1.36. The molecule has 1 unspecified atom stereocenters. The van der Waals surface area contributed by atoms with Crippen LogP contribution in [0.2, 0.25) is 0 Å². The molecule has 2 heterocycles. The molecule has 2 aliphatic rings. The van der Waals surface area contributed by atoms with Gasteiger partial charge in [0.2, 0.25) is 0 Å². The molecule has 0 aromatic rings. The summed E-state index contributed by atoms with van der Waals surface area (Å²) in [7, 11) is 6.81. The van der Waals surface area contributed by atoms with E-state index in [1.54, 1.807) is 13.8 Å². The molecule has 0 aromatic heterocycles. The minimum Gasteiger partial charge on any atom is -0.756 e. The van der Waals surface area contributed by atoms with Crippen LogP contribution in [-0.2, 0) is 32.6 Å². The lowest BCUT2D eigenvalue weighted by atomic mass is 9.93. The van der Waals surface area contributed by atoms with Crippen molar-refractivity contribution in [3.8, 4) is 0 Å². The third-order valence-electron chi connectivity index (χ3n) is 4.68. The lowest BCUT2D eigenvalue weighted by Gasteiger charge is -2.36. The molecule has 2 aliphatic heterocycles. The predicted molar refractivity (Wildman–Crippen MR) is 104 cm³/mol. The number of rotatable bonds is 11. The van der Waals surface area contributed by atoms with Crippen LogP contribution in [0, 0.1) is 0 Å². The molecular weight excluding hydrogens is 401 g/mol. The Bertz CT molecular complexity index is 567. The number of hydrogen-bond donors (Lipinski definition) is 1. The molecule has 9 nitrogen and oxygen atoms in total. The van der Waals surface area contributed by atoms with Crippen molar-refractivity contribution in [2.75, 3.05) is 19.8 Å². The second-order valence-corrected chi connectivity index (χ2v) is 9.35. The Labute approximate surface area is 175 Å². The Morgan fingerprint density at radius 1 is 1.21 bits per heavy atom. The lowest BCUT2D eigenvalue weighted by molar-refractivity contribution is -0.240. The Morgan fingerprint density at radius 3 is 2.48 bits per heavy atom. The highest BCUT2D eigenvalue weighted by molar-refractivity contribution is 7.45. The van der Waals surface area contributed by atoms with Crippen LogP contribution in [-0.4, -0.2) is 88.7 Å². The third kappa shape index (κ3) is 7.30. The molecule has 0 amide bonds. The smallest absolute Gasteiger partial charge is 0.268 e. The average molecular weight is 431 g/mol. The molecule has 1 N–H and O–H groups in total. The van der Waals surface area contributed by atoms with E-state index in [1.807, 2.05) is 13.8 Å². The normalized spacial score (nSPS) is 37.4. The maximum atomic E-state index is 12.4. The zero-order chi connectivity index (χ0) is 21.8. The molecule has 2 rings (SSSR count).